The van der Waals surface area contributed by atoms with Gasteiger partial charge in [-0.15, -0.1) is 11.3 Å². The Morgan fingerprint density at radius 3 is 2.92 bits per heavy atom. The summed E-state index contributed by atoms with van der Waals surface area (Å²) in [4.78, 5) is 14.5. The highest BCUT2D eigenvalue weighted by atomic mass is 32.1. The first kappa shape index (κ1) is 16.3. The molecule has 2 unspecified atom stereocenters. The second kappa shape index (κ2) is 6.61. The average Bonchev–Trinajstić information content (AvgIpc) is 3.17. The number of aromatic nitrogens is 2. The third kappa shape index (κ3) is 3.19. The third-order valence-corrected chi connectivity index (χ3v) is 5.84. The lowest BCUT2D eigenvalue weighted by Crippen LogP contribution is -2.46. The minimum absolute atomic E-state index is 0.0271. The molecule has 0 radical (unpaired) electrons. The van der Waals surface area contributed by atoms with Crippen molar-refractivity contribution in [3.8, 4) is 5.69 Å². The molecule has 130 valence electrons. The Morgan fingerprint density at radius 1 is 1.36 bits per heavy atom. The van der Waals surface area contributed by atoms with Crippen LogP contribution in [0.3, 0.4) is 0 Å². The molecule has 0 aliphatic carbocycles. The van der Waals surface area contributed by atoms with Gasteiger partial charge in [-0.3, -0.25) is 4.79 Å². The molecule has 0 spiro atoms. The number of nitrogens with zero attached hydrogens (tertiary/aromatic N) is 2. The van der Waals surface area contributed by atoms with Crippen molar-refractivity contribution in [2.75, 3.05) is 6.54 Å². The molecule has 6 heteroatoms. The number of hydrogen-bond donors (Lipinski definition) is 2. The van der Waals surface area contributed by atoms with E-state index >= 15 is 0 Å². The maximum absolute atomic E-state index is 12.7. The van der Waals surface area contributed by atoms with E-state index in [0.29, 0.717) is 6.04 Å². The fraction of sp³-hybridized carbons (Fsp3) is 0.368. The van der Waals surface area contributed by atoms with Gasteiger partial charge in [0.15, 0.2) is 0 Å². The van der Waals surface area contributed by atoms with Crippen molar-refractivity contribution in [1.82, 2.24) is 20.4 Å². The molecule has 1 aliphatic heterocycles. The van der Waals surface area contributed by atoms with Crippen LogP contribution in [0.4, 0.5) is 0 Å². The first-order valence-electron chi connectivity index (χ1n) is 8.70. The number of amides is 1. The Balaban J connectivity index is 1.62. The van der Waals surface area contributed by atoms with Crippen LogP contribution in [0.25, 0.3) is 15.9 Å². The van der Waals surface area contributed by atoms with E-state index in [-0.39, 0.29) is 11.9 Å². The number of thiophene rings is 1. The van der Waals surface area contributed by atoms with Gasteiger partial charge in [-0.25, -0.2) is 4.68 Å². The van der Waals surface area contributed by atoms with Crippen molar-refractivity contribution in [2.45, 2.75) is 38.8 Å². The summed E-state index contributed by atoms with van der Waals surface area (Å²) >= 11 is 1.51. The molecule has 0 bridgehead atoms. The number of hydrogen-bond acceptors (Lipinski definition) is 4. The van der Waals surface area contributed by atoms with Gasteiger partial charge in [0.1, 0.15) is 4.83 Å². The highest BCUT2D eigenvalue weighted by Crippen LogP contribution is 2.30. The number of benzene rings is 1. The van der Waals surface area contributed by atoms with Crippen LogP contribution in [0, 0.1) is 6.92 Å². The minimum atomic E-state index is 0.0271. The average molecular weight is 354 g/mol. The fourth-order valence-electron chi connectivity index (χ4n) is 3.42. The summed E-state index contributed by atoms with van der Waals surface area (Å²) in [5, 5.41) is 12.3. The zero-order chi connectivity index (χ0) is 17.4. The standard InChI is InChI=1S/C19H22N4OS/c1-12-10-14(8-9-20-12)21-18(24)17-11-16-13(2)22-23(19(16)25-17)15-6-4-3-5-7-15/h3-7,11-12,14,20H,8-10H2,1-2H3,(H,21,24). The third-order valence-electron chi connectivity index (χ3n) is 4.73. The van der Waals surface area contributed by atoms with Crippen LogP contribution >= 0.6 is 11.3 Å². The van der Waals surface area contributed by atoms with Crippen LogP contribution in [0.1, 0.15) is 35.1 Å². The highest BCUT2D eigenvalue weighted by Gasteiger charge is 2.22. The summed E-state index contributed by atoms with van der Waals surface area (Å²) in [6, 6.07) is 12.7. The van der Waals surface area contributed by atoms with Gasteiger partial charge in [-0.2, -0.15) is 5.10 Å². The van der Waals surface area contributed by atoms with Crippen molar-refractivity contribution in [3.63, 3.8) is 0 Å². The molecule has 25 heavy (non-hydrogen) atoms. The first-order chi connectivity index (χ1) is 12.1. The quantitative estimate of drug-likeness (QED) is 0.759. The zero-order valence-corrected chi connectivity index (χ0v) is 15.3. The Labute approximate surface area is 151 Å². The SMILES string of the molecule is Cc1nn(-c2ccccc2)c2sc(C(=O)NC3CCNC(C)C3)cc12. The molecule has 4 rings (SSSR count). The molecule has 1 fully saturated rings. The Morgan fingerprint density at radius 2 is 2.16 bits per heavy atom. The molecule has 2 N–H and O–H groups in total. The maximum Gasteiger partial charge on any atom is 0.261 e. The first-order valence-corrected chi connectivity index (χ1v) is 9.52. The van der Waals surface area contributed by atoms with Gasteiger partial charge in [-0.1, -0.05) is 18.2 Å². The smallest absolute Gasteiger partial charge is 0.261 e. The molecule has 1 amide bonds. The molecule has 1 aliphatic rings. The number of para-hydroxylation sites is 1. The van der Waals surface area contributed by atoms with E-state index in [2.05, 4.69) is 22.7 Å². The van der Waals surface area contributed by atoms with Crippen LogP contribution < -0.4 is 10.6 Å². The molecule has 3 heterocycles. The molecular weight excluding hydrogens is 332 g/mol. The second-order valence-electron chi connectivity index (χ2n) is 6.71. The van der Waals surface area contributed by atoms with Gasteiger partial charge in [0, 0.05) is 17.5 Å². The monoisotopic (exact) mass is 354 g/mol. The van der Waals surface area contributed by atoms with Crippen molar-refractivity contribution < 1.29 is 4.79 Å². The predicted molar refractivity (Wildman–Crippen MR) is 102 cm³/mol. The van der Waals surface area contributed by atoms with Crippen molar-refractivity contribution in [2.24, 2.45) is 0 Å². The van der Waals surface area contributed by atoms with E-state index < -0.39 is 0 Å². The van der Waals surface area contributed by atoms with Gasteiger partial charge in [0.2, 0.25) is 0 Å². The van der Waals surface area contributed by atoms with Gasteiger partial charge in [0.25, 0.3) is 5.91 Å². The van der Waals surface area contributed by atoms with E-state index in [9.17, 15) is 4.79 Å². The van der Waals surface area contributed by atoms with Gasteiger partial charge < -0.3 is 10.6 Å². The summed E-state index contributed by atoms with van der Waals surface area (Å²) in [7, 11) is 0. The zero-order valence-electron chi connectivity index (χ0n) is 14.5. The molecule has 1 saturated heterocycles. The van der Waals surface area contributed by atoms with Crippen LogP contribution in [0.5, 0.6) is 0 Å². The van der Waals surface area contributed by atoms with Gasteiger partial charge in [0.05, 0.1) is 16.3 Å². The van der Waals surface area contributed by atoms with Crippen molar-refractivity contribution in [1.29, 1.82) is 0 Å². The Kier molecular flexibility index (Phi) is 4.31. The van der Waals surface area contributed by atoms with Crippen molar-refractivity contribution in [3.05, 3.63) is 47.0 Å². The Hall–Kier alpha value is -2.18. The molecule has 0 saturated carbocycles. The summed E-state index contributed by atoms with van der Waals surface area (Å²) in [5.74, 6) is 0.0271. The molecule has 1 aromatic carbocycles. The predicted octanol–water partition coefficient (Wildman–Crippen LogP) is 3.27. The number of piperidine rings is 1. The number of nitrogens with one attached hydrogen (secondary N) is 2. The molecule has 2 atom stereocenters. The summed E-state index contributed by atoms with van der Waals surface area (Å²) < 4.78 is 1.93. The van der Waals surface area contributed by atoms with Crippen LogP contribution in [0.15, 0.2) is 36.4 Å². The van der Waals surface area contributed by atoms with E-state index in [1.54, 1.807) is 0 Å². The minimum Gasteiger partial charge on any atom is -0.349 e. The number of rotatable bonds is 3. The number of carbonyl (C=O) groups excluding carboxylic acids is 1. The number of fused-ring (bicyclic) bond motifs is 1. The van der Waals surface area contributed by atoms with Gasteiger partial charge >= 0.3 is 0 Å². The Bertz CT molecular complexity index is 899. The largest absolute Gasteiger partial charge is 0.349 e. The lowest BCUT2D eigenvalue weighted by atomic mass is 10.0. The molecule has 3 aromatic rings. The van der Waals surface area contributed by atoms with E-state index in [0.717, 1.165) is 45.9 Å². The van der Waals surface area contributed by atoms with E-state index in [1.165, 1.54) is 11.3 Å². The van der Waals surface area contributed by atoms with Crippen LogP contribution in [-0.2, 0) is 0 Å². The van der Waals surface area contributed by atoms with E-state index in [4.69, 9.17) is 0 Å². The lowest BCUT2D eigenvalue weighted by Gasteiger charge is -2.28. The second-order valence-corrected chi connectivity index (χ2v) is 7.74. The number of carbonyl (C=O) groups is 1. The topological polar surface area (TPSA) is 59.0 Å². The van der Waals surface area contributed by atoms with E-state index in [1.807, 2.05) is 48.0 Å². The van der Waals surface area contributed by atoms with Crippen LogP contribution in [-0.4, -0.2) is 34.3 Å². The fourth-order valence-corrected chi connectivity index (χ4v) is 4.51. The maximum atomic E-state index is 12.7. The molecule has 2 aromatic heterocycles. The molecular formula is C19H22N4OS. The normalized spacial score (nSPS) is 20.7. The summed E-state index contributed by atoms with van der Waals surface area (Å²) in [5.41, 5.74) is 1.96. The summed E-state index contributed by atoms with van der Waals surface area (Å²) in [6.45, 7) is 5.11. The van der Waals surface area contributed by atoms with Crippen molar-refractivity contribution >= 4 is 27.5 Å². The van der Waals surface area contributed by atoms with Crippen LogP contribution in [0.2, 0.25) is 0 Å². The number of aryl methyl sites for hydroxylation is 1. The molecule has 5 nitrogen and oxygen atoms in total. The highest BCUT2D eigenvalue weighted by molar-refractivity contribution is 7.20. The summed E-state index contributed by atoms with van der Waals surface area (Å²) in [6.07, 6.45) is 1.96. The van der Waals surface area contributed by atoms with Gasteiger partial charge in [-0.05, 0) is 51.4 Å². The lowest BCUT2D eigenvalue weighted by molar-refractivity contribution is 0.0930.